The smallest absolute Gasteiger partial charge is 0.207 e. The minimum Gasteiger partial charge on any atom is -0.207 e. The summed E-state index contributed by atoms with van der Waals surface area (Å²) in [6, 6.07) is 13.5. The van der Waals surface area contributed by atoms with Crippen LogP contribution in [0.2, 0.25) is 0 Å². The van der Waals surface area contributed by atoms with E-state index in [4.69, 9.17) is 10.7 Å². The van der Waals surface area contributed by atoms with E-state index in [0.29, 0.717) is 11.5 Å². The Morgan fingerprint density at radius 2 is 1.50 bits per heavy atom. The summed E-state index contributed by atoms with van der Waals surface area (Å²) in [5.41, 5.74) is 3.75. The quantitative estimate of drug-likeness (QED) is 0.769. The van der Waals surface area contributed by atoms with Gasteiger partial charge in [0.15, 0.2) is 0 Å². The number of aryl methyl sites for hydroxylation is 1. The Hall–Kier alpha value is -1.32. The highest BCUT2D eigenvalue weighted by molar-refractivity contribution is 8.13. The molecule has 0 amide bonds. The number of benzene rings is 2. The van der Waals surface area contributed by atoms with Crippen LogP contribution in [0.3, 0.4) is 0 Å². The summed E-state index contributed by atoms with van der Waals surface area (Å²) in [4.78, 5) is 0.171. The van der Waals surface area contributed by atoms with E-state index >= 15 is 0 Å². The molecule has 106 valence electrons. The SMILES string of the molecule is Cc1ccc(-c2ccc(C(C)C)cc2)cc1S(=O)(=O)Cl. The molecule has 0 radical (unpaired) electrons. The second kappa shape index (κ2) is 5.58. The molecule has 0 N–H and O–H groups in total. The van der Waals surface area contributed by atoms with Crippen molar-refractivity contribution < 1.29 is 8.42 Å². The Kier molecular flexibility index (Phi) is 4.21. The molecule has 0 fully saturated rings. The van der Waals surface area contributed by atoms with Gasteiger partial charge in [-0.05, 0) is 41.2 Å². The lowest BCUT2D eigenvalue weighted by molar-refractivity contribution is 0.609. The molecule has 0 aliphatic carbocycles. The molecule has 0 spiro atoms. The molecule has 0 aromatic heterocycles. The lowest BCUT2D eigenvalue weighted by Crippen LogP contribution is -1.95. The zero-order chi connectivity index (χ0) is 14.9. The Morgan fingerprint density at radius 1 is 0.950 bits per heavy atom. The summed E-state index contributed by atoms with van der Waals surface area (Å²) >= 11 is 0. The molecule has 0 unspecified atom stereocenters. The standard InChI is InChI=1S/C16H17ClO2S/c1-11(2)13-6-8-14(9-7-13)15-5-4-12(3)16(10-15)20(17,18)19/h4-11H,1-3H3. The van der Waals surface area contributed by atoms with Gasteiger partial charge in [-0.25, -0.2) is 8.42 Å². The zero-order valence-corrected chi connectivity index (χ0v) is 13.3. The fourth-order valence-electron chi connectivity index (χ4n) is 2.10. The average Bonchev–Trinajstić information content (AvgIpc) is 2.38. The topological polar surface area (TPSA) is 34.1 Å². The molecule has 0 aliphatic heterocycles. The van der Waals surface area contributed by atoms with Crippen molar-refractivity contribution in [3.8, 4) is 11.1 Å². The summed E-state index contributed by atoms with van der Waals surface area (Å²) in [6.07, 6.45) is 0. The molecule has 2 nitrogen and oxygen atoms in total. The van der Waals surface area contributed by atoms with E-state index in [1.54, 1.807) is 19.1 Å². The van der Waals surface area contributed by atoms with Gasteiger partial charge < -0.3 is 0 Å². The van der Waals surface area contributed by atoms with Gasteiger partial charge in [0.2, 0.25) is 0 Å². The maximum Gasteiger partial charge on any atom is 0.261 e. The normalized spacial score (nSPS) is 11.8. The van der Waals surface area contributed by atoms with Gasteiger partial charge in [-0.3, -0.25) is 0 Å². The Labute approximate surface area is 124 Å². The van der Waals surface area contributed by atoms with Crippen molar-refractivity contribution in [1.29, 1.82) is 0 Å². The summed E-state index contributed by atoms with van der Waals surface area (Å²) in [5, 5.41) is 0. The van der Waals surface area contributed by atoms with Crippen molar-refractivity contribution in [2.24, 2.45) is 0 Å². The van der Waals surface area contributed by atoms with Gasteiger partial charge in [0.25, 0.3) is 9.05 Å². The summed E-state index contributed by atoms with van der Waals surface area (Å²) in [5.74, 6) is 0.473. The van der Waals surface area contributed by atoms with Crippen molar-refractivity contribution in [3.63, 3.8) is 0 Å². The minimum atomic E-state index is -3.71. The van der Waals surface area contributed by atoms with Crippen LogP contribution < -0.4 is 0 Å². The number of hydrogen-bond donors (Lipinski definition) is 0. The first-order valence-corrected chi connectivity index (χ1v) is 8.75. The molecular weight excluding hydrogens is 292 g/mol. The van der Waals surface area contributed by atoms with E-state index in [0.717, 1.165) is 11.1 Å². The highest BCUT2D eigenvalue weighted by Crippen LogP contribution is 2.28. The average molecular weight is 309 g/mol. The van der Waals surface area contributed by atoms with Crippen LogP contribution in [0.25, 0.3) is 11.1 Å². The highest BCUT2D eigenvalue weighted by Gasteiger charge is 2.14. The van der Waals surface area contributed by atoms with Crippen LogP contribution in [0, 0.1) is 6.92 Å². The predicted molar refractivity (Wildman–Crippen MR) is 83.7 cm³/mol. The third-order valence-electron chi connectivity index (χ3n) is 3.36. The first kappa shape index (κ1) is 15.1. The number of halogens is 1. The second-order valence-corrected chi connectivity index (χ2v) is 7.73. The first-order valence-electron chi connectivity index (χ1n) is 6.44. The monoisotopic (exact) mass is 308 g/mol. The molecule has 4 heteroatoms. The summed E-state index contributed by atoms with van der Waals surface area (Å²) in [7, 11) is 1.75. The first-order chi connectivity index (χ1) is 9.29. The van der Waals surface area contributed by atoms with Crippen LogP contribution in [0.4, 0.5) is 0 Å². The number of hydrogen-bond acceptors (Lipinski definition) is 2. The van der Waals surface area contributed by atoms with Crippen LogP contribution >= 0.6 is 10.7 Å². The predicted octanol–water partition coefficient (Wildman–Crippen LogP) is 4.71. The fourth-order valence-corrected chi connectivity index (χ4v) is 3.32. The van der Waals surface area contributed by atoms with Gasteiger partial charge in [-0.1, -0.05) is 50.2 Å². The molecule has 0 saturated heterocycles. The molecule has 0 saturated carbocycles. The molecule has 2 aromatic carbocycles. The van der Waals surface area contributed by atoms with Crippen LogP contribution in [0.15, 0.2) is 47.4 Å². The third-order valence-corrected chi connectivity index (χ3v) is 4.83. The largest absolute Gasteiger partial charge is 0.261 e. The lowest BCUT2D eigenvalue weighted by atomic mass is 9.98. The van der Waals surface area contributed by atoms with Crippen molar-refractivity contribution in [2.45, 2.75) is 31.6 Å². The van der Waals surface area contributed by atoms with Crippen LogP contribution in [-0.4, -0.2) is 8.42 Å². The van der Waals surface area contributed by atoms with Crippen molar-refractivity contribution >= 4 is 19.7 Å². The van der Waals surface area contributed by atoms with E-state index in [2.05, 4.69) is 26.0 Å². The fraction of sp³-hybridized carbons (Fsp3) is 0.250. The van der Waals surface area contributed by atoms with Crippen LogP contribution in [0.5, 0.6) is 0 Å². The molecule has 0 heterocycles. The molecule has 20 heavy (non-hydrogen) atoms. The van der Waals surface area contributed by atoms with Gasteiger partial charge in [0.1, 0.15) is 0 Å². The maximum absolute atomic E-state index is 11.5. The molecule has 2 aromatic rings. The van der Waals surface area contributed by atoms with Gasteiger partial charge >= 0.3 is 0 Å². The molecule has 2 rings (SSSR count). The summed E-state index contributed by atoms with van der Waals surface area (Å²) < 4.78 is 23.1. The van der Waals surface area contributed by atoms with E-state index in [-0.39, 0.29) is 4.90 Å². The minimum absolute atomic E-state index is 0.171. The molecule has 0 bridgehead atoms. The van der Waals surface area contributed by atoms with Gasteiger partial charge in [0, 0.05) is 10.7 Å². The van der Waals surface area contributed by atoms with Crippen molar-refractivity contribution in [1.82, 2.24) is 0 Å². The Bertz CT molecular complexity index is 717. The Morgan fingerprint density at radius 3 is 2.00 bits per heavy atom. The third kappa shape index (κ3) is 3.22. The van der Waals surface area contributed by atoms with Crippen LogP contribution in [0.1, 0.15) is 30.9 Å². The van der Waals surface area contributed by atoms with E-state index in [9.17, 15) is 8.42 Å². The molecular formula is C16H17ClO2S. The van der Waals surface area contributed by atoms with E-state index in [1.165, 1.54) is 5.56 Å². The zero-order valence-electron chi connectivity index (χ0n) is 11.7. The van der Waals surface area contributed by atoms with E-state index in [1.807, 2.05) is 18.2 Å². The van der Waals surface area contributed by atoms with Gasteiger partial charge in [-0.15, -0.1) is 0 Å². The highest BCUT2D eigenvalue weighted by atomic mass is 35.7. The molecule has 0 atom stereocenters. The Balaban J connectivity index is 2.48. The number of rotatable bonds is 3. The van der Waals surface area contributed by atoms with Gasteiger partial charge in [-0.2, -0.15) is 0 Å². The van der Waals surface area contributed by atoms with E-state index < -0.39 is 9.05 Å². The van der Waals surface area contributed by atoms with Crippen molar-refractivity contribution in [2.75, 3.05) is 0 Å². The maximum atomic E-state index is 11.5. The van der Waals surface area contributed by atoms with Crippen molar-refractivity contribution in [3.05, 3.63) is 53.6 Å². The van der Waals surface area contributed by atoms with Crippen LogP contribution in [-0.2, 0) is 9.05 Å². The molecule has 0 aliphatic rings. The summed E-state index contributed by atoms with van der Waals surface area (Å²) in [6.45, 7) is 6.01. The lowest BCUT2D eigenvalue weighted by Gasteiger charge is -2.09. The van der Waals surface area contributed by atoms with Gasteiger partial charge in [0.05, 0.1) is 4.90 Å². The second-order valence-electron chi connectivity index (χ2n) is 5.19.